The van der Waals surface area contributed by atoms with Crippen LogP contribution in [0, 0.1) is 0 Å². The number of hydrogen-bond acceptors (Lipinski definition) is 2. The van der Waals surface area contributed by atoms with Gasteiger partial charge < -0.3 is 4.90 Å². The Morgan fingerprint density at radius 1 is 0.614 bits per heavy atom. The molecule has 0 atom stereocenters. The Labute approximate surface area is 342 Å². The lowest BCUT2D eigenvalue weighted by molar-refractivity contribution is 0.660. The van der Waals surface area contributed by atoms with Crippen molar-refractivity contribution in [1.29, 1.82) is 0 Å². The summed E-state index contributed by atoms with van der Waals surface area (Å²) in [5, 5.41) is 0. The summed E-state index contributed by atoms with van der Waals surface area (Å²) in [6, 6.07) is 57.0. The molecule has 1 nitrogen and oxygen atoms in total. The fourth-order valence-electron chi connectivity index (χ4n) is 10.7. The highest BCUT2D eigenvalue weighted by atomic mass is 32.2. The second kappa shape index (κ2) is 12.6. The molecule has 273 valence electrons. The molecule has 7 aromatic rings. The molecule has 4 aliphatic rings. The Kier molecular flexibility index (Phi) is 7.63. The predicted octanol–water partition coefficient (Wildman–Crippen LogP) is 13.0. The first-order valence-corrected chi connectivity index (χ1v) is 21.2. The maximum absolute atomic E-state index is 2.69. The van der Waals surface area contributed by atoms with Crippen molar-refractivity contribution in [3.8, 4) is 22.3 Å². The first-order valence-electron chi connectivity index (χ1n) is 20.3. The second-order valence-corrected chi connectivity index (χ2v) is 17.8. The maximum Gasteiger partial charge on any atom is 0.197 e. The number of benzene rings is 7. The van der Waals surface area contributed by atoms with E-state index in [1.54, 1.807) is 0 Å². The van der Waals surface area contributed by atoms with Gasteiger partial charge in [-0.3, -0.25) is 0 Å². The van der Waals surface area contributed by atoms with Crippen molar-refractivity contribution in [3.63, 3.8) is 0 Å². The van der Waals surface area contributed by atoms with Crippen molar-refractivity contribution in [2.24, 2.45) is 0 Å². The van der Waals surface area contributed by atoms with Crippen LogP contribution in [0.15, 0.2) is 173 Å². The molecular weight excluding hydrogens is 705 g/mol. The van der Waals surface area contributed by atoms with Crippen LogP contribution in [0.25, 0.3) is 27.8 Å². The van der Waals surface area contributed by atoms with E-state index in [1.807, 2.05) is 11.8 Å². The zero-order valence-electron chi connectivity index (χ0n) is 33.2. The molecule has 1 radical (unpaired) electrons. The molecule has 11 rings (SSSR count). The first-order chi connectivity index (χ1) is 27.8. The lowest BCUT2D eigenvalue weighted by atomic mass is 9.53. The van der Waals surface area contributed by atoms with Crippen LogP contribution >= 0.6 is 11.8 Å². The number of para-hydroxylation sites is 2. The molecule has 1 spiro atoms. The first kappa shape index (κ1) is 34.5. The van der Waals surface area contributed by atoms with Gasteiger partial charge in [-0.05, 0) is 122 Å². The topological polar surface area (TPSA) is 3.24 Å². The lowest BCUT2D eigenvalue weighted by Gasteiger charge is -2.49. The monoisotopic (exact) mass is 748 g/mol. The van der Waals surface area contributed by atoms with E-state index in [-0.39, 0.29) is 5.41 Å². The normalized spacial score (nSPS) is 16.0. The molecule has 3 heteroatoms. The van der Waals surface area contributed by atoms with Gasteiger partial charge in [-0.15, -0.1) is 0 Å². The highest BCUT2D eigenvalue weighted by Gasteiger charge is 2.54. The number of nitrogens with zero attached hydrogens (tertiary/aromatic N) is 1. The molecule has 2 aliphatic carbocycles. The second-order valence-electron chi connectivity index (χ2n) is 16.5. The average Bonchev–Trinajstić information content (AvgIpc) is 3.67. The van der Waals surface area contributed by atoms with E-state index < -0.39 is 5.41 Å². The molecule has 0 bridgehead atoms. The van der Waals surface area contributed by atoms with Gasteiger partial charge in [-0.25, -0.2) is 0 Å². The molecule has 0 aromatic heterocycles. The van der Waals surface area contributed by atoms with Crippen LogP contribution in [0.4, 0.5) is 17.1 Å². The Hall–Kier alpha value is -5.77. The molecule has 0 unspecified atom stereocenters. The summed E-state index contributed by atoms with van der Waals surface area (Å²) >= 11 is 1.85. The van der Waals surface area contributed by atoms with Crippen molar-refractivity contribution in [2.45, 2.75) is 56.8 Å². The Morgan fingerprint density at radius 3 is 1.88 bits per heavy atom. The largest absolute Gasteiger partial charge is 0.311 e. The van der Waals surface area contributed by atoms with Gasteiger partial charge in [0, 0.05) is 21.7 Å². The zero-order chi connectivity index (χ0) is 38.6. The van der Waals surface area contributed by atoms with Gasteiger partial charge in [0.25, 0.3) is 0 Å². The van der Waals surface area contributed by atoms with Crippen molar-refractivity contribution in [3.05, 3.63) is 207 Å². The molecule has 0 saturated heterocycles. The van der Waals surface area contributed by atoms with Gasteiger partial charge in [0.1, 0.15) is 0 Å². The number of rotatable bonds is 5. The van der Waals surface area contributed by atoms with Gasteiger partial charge in [0.15, 0.2) is 7.28 Å². The lowest BCUT2D eigenvalue weighted by Crippen LogP contribution is -2.48. The van der Waals surface area contributed by atoms with Gasteiger partial charge >= 0.3 is 0 Å². The highest BCUT2D eigenvalue weighted by Crippen LogP contribution is 2.65. The number of anilines is 3. The molecule has 57 heavy (non-hydrogen) atoms. The summed E-state index contributed by atoms with van der Waals surface area (Å²) in [6.45, 7) is 11.7. The van der Waals surface area contributed by atoms with Crippen molar-refractivity contribution < 1.29 is 0 Å². The third kappa shape index (κ3) is 4.67. The van der Waals surface area contributed by atoms with Gasteiger partial charge in [0.2, 0.25) is 0 Å². The molecule has 0 amide bonds. The minimum atomic E-state index is -0.444. The molecule has 2 heterocycles. The maximum atomic E-state index is 2.69. The summed E-state index contributed by atoms with van der Waals surface area (Å²) in [5.74, 6) is 0. The number of thioether (sulfide) groups is 1. The van der Waals surface area contributed by atoms with Crippen molar-refractivity contribution in [1.82, 2.24) is 0 Å². The summed E-state index contributed by atoms with van der Waals surface area (Å²) in [4.78, 5) is 5.27. The Morgan fingerprint density at radius 2 is 1.19 bits per heavy atom. The van der Waals surface area contributed by atoms with E-state index in [0.29, 0.717) is 0 Å². The van der Waals surface area contributed by atoms with Crippen LogP contribution < -0.4 is 15.8 Å². The molecule has 2 aliphatic heterocycles. The molecular formula is C54H43BNS. The quantitative estimate of drug-likeness (QED) is 0.0980. The third-order valence-corrected chi connectivity index (χ3v) is 14.4. The molecule has 7 aromatic carbocycles. The van der Waals surface area contributed by atoms with E-state index in [9.17, 15) is 0 Å². The van der Waals surface area contributed by atoms with Crippen LogP contribution in [-0.4, -0.2) is 7.28 Å². The van der Waals surface area contributed by atoms with E-state index in [4.69, 9.17) is 0 Å². The van der Waals surface area contributed by atoms with Crippen molar-refractivity contribution >= 4 is 52.6 Å². The van der Waals surface area contributed by atoms with Gasteiger partial charge in [0.05, 0.1) is 11.1 Å². The van der Waals surface area contributed by atoms with Crippen LogP contribution in [0.2, 0.25) is 0 Å². The van der Waals surface area contributed by atoms with Crippen LogP contribution in [0.5, 0.6) is 0 Å². The number of fused-ring (bicyclic) bond motifs is 15. The smallest absolute Gasteiger partial charge is 0.197 e. The fraction of sp³-hybridized carbons (Fsp3) is 0.148. The predicted molar refractivity (Wildman–Crippen MR) is 244 cm³/mol. The Bertz CT molecular complexity index is 2850. The van der Waals surface area contributed by atoms with Gasteiger partial charge in [-0.1, -0.05) is 177 Å². The average molecular weight is 749 g/mol. The molecule has 0 fully saturated rings. The van der Waals surface area contributed by atoms with E-state index >= 15 is 0 Å². The number of allylic oxidation sites excluding steroid dienone is 4. The van der Waals surface area contributed by atoms with Gasteiger partial charge in [-0.2, -0.15) is 0 Å². The summed E-state index contributed by atoms with van der Waals surface area (Å²) in [5.41, 5.74) is 23.4. The summed E-state index contributed by atoms with van der Waals surface area (Å²) < 4.78 is 0. The van der Waals surface area contributed by atoms with Crippen LogP contribution in [0.3, 0.4) is 0 Å². The van der Waals surface area contributed by atoms with E-state index in [2.05, 4.69) is 205 Å². The minimum absolute atomic E-state index is 0.208. The SMILES string of the molecule is CC/C(=C\C(C)=C(/C)Sc1ccccc1)c1cc2c(c3c1[B]c1cccc4c1N3c1ccccc1C41c3ccccc3-c3ccccc31)C(C)(C)c1ccccc1-2. The van der Waals surface area contributed by atoms with E-state index in [0.717, 1.165) is 6.42 Å². The third-order valence-electron chi connectivity index (χ3n) is 13.3. The zero-order valence-corrected chi connectivity index (χ0v) is 34.0. The highest BCUT2D eigenvalue weighted by molar-refractivity contribution is 8.03. The standard InChI is InChI=1S/C54H43BNS/c1-6-35(31-33(2)34(3)57-36-19-8-7-9-20-36)40-32-41-39-23-10-13-24-42(39)53(4,5)49(41)52-50(40)55-47-29-18-28-46-51(47)56(52)48-30-17-16-27-45(48)54(46)43-25-14-11-21-37(43)38-22-12-15-26-44(38)54/h7-32H,6H2,1-5H3/b34-33+,35-31+. The molecule has 0 saturated carbocycles. The number of hydrogen-bond donors (Lipinski definition) is 0. The fourth-order valence-corrected chi connectivity index (χ4v) is 11.6. The minimum Gasteiger partial charge on any atom is -0.311 e. The molecule has 0 N–H and O–H groups in total. The van der Waals surface area contributed by atoms with Crippen molar-refractivity contribution in [2.75, 3.05) is 4.90 Å². The van der Waals surface area contributed by atoms with Crippen LogP contribution in [0.1, 0.15) is 80.0 Å². The summed E-state index contributed by atoms with van der Waals surface area (Å²) in [6.07, 6.45) is 3.38. The summed E-state index contributed by atoms with van der Waals surface area (Å²) in [7, 11) is 2.53. The van der Waals surface area contributed by atoms with Crippen LogP contribution in [-0.2, 0) is 10.8 Å². The Balaban J connectivity index is 1.22. The van der Waals surface area contributed by atoms with E-state index in [1.165, 1.54) is 110 Å².